The van der Waals surface area contributed by atoms with Crippen molar-refractivity contribution in [3.8, 4) is 5.88 Å². The van der Waals surface area contributed by atoms with Crippen molar-refractivity contribution in [1.29, 1.82) is 0 Å². The molecule has 138 valence electrons. The fourth-order valence-electron chi connectivity index (χ4n) is 3.79. The van der Waals surface area contributed by atoms with Crippen molar-refractivity contribution in [3.05, 3.63) is 45.3 Å². The number of pyridine rings is 1. The SMILES string of the molecule is COc1nc2c(cc1C(=O)N(Cc1ccsc1)C[C@H]1CCCO1)CCC2. The summed E-state index contributed by atoms with van der Waals surface area (Å²) in [5.74, 6) is 0.420. The van der Waals surface area contributed by atoms with E-state index in [1.165, 1.54) is 5.56 Å². The highest BCUT2D eigenvalue weighted by Crippen LogP contribution is 2.28. The van der Waals surface area contributed by atoms with Gasteiger partial charge in [0.05, 0.1) is 13.2 Å². The van der Waals surface area contributed by atoms with Crippen LogP contribution in [0.3, 0.4) is 0 Å². The number of aromatic nitrogens is 1. The zero-order chi connectivity index (χ0) is 17.9. The quantitative estimate of drug-likeness (QED) is 0.779. The summed E-state index contributed by atoms with van der Waals surface area (Å²) in [6.45, 7) is 1.98. The van der Waals surface area contributed by atoms with Crippen molar-refractivity contribution in [1.82, 2.24) is 9.88 Å². The molecule has 26 heavy (non-hydrogen) atoms. The molecule has 3 heterocycles. The van der Waals surface area contributed by atoms with E-state index in [2.05, 4.69) is 16.4 Å². The monoisotopic (exact) mass is 372 g/mol. The number of rotatable bonds is 6. The van der Waals surface area contributed by atoms with Gasteiger partial charge in [-0.05, 0) is 66.1 Å². The smallest absolute Gasteiger partial charge is 0.259 e. The molecule has 0 saturated carbocycles. The van der Waals surface area contributed by atoms with Crippen LogP contribution in [0.5, 0.6) is 5.88 Å². The molecule has 4 rings (SSSR count). The number of methoxy groups -OCH3 is 1. The number of fused-ring (bicyclic) bond motifs is 1. The molecule has 0 N–H and O–H groups in total. The highest BCUT2D eigenvalue weighted by Gasteiger charge is 2.28. The fraction of sp³-hybridized carbons (Fsp3) is 0.500. The maximum absolute atomic E-state index is 13.4. The van der Waals surface area contributed by atoms with Gasteiger partial charge in [-0.3, -0.25) is 4.79 Å². The lowest BCUT2D eigenvalue weighted by atomic mass is 10.1. The van der Waals surface area contributed by atoms with E-state index in [4.69, 9.17) is 9.47 Å². The van der Waals surface area contributed by atoms with Crippen LogP contribution >= 0.6 is 11.3 Å². The minimum Gasteiger partial charge on any atom is -0.480 e. The van der Waals surface area contributed by atoms with Crippen LogP contribution in [0.4, 0.5) is 0 Å². The first kappa shape index (κ1) is 17.5. The molecule has 0 radical (unpaired) electrons. The molecule has 0 spiro atoms. The van der Waals surface area contributed by atoms with E-state index in [9.17, 15) is 4.79 Å². The van der Waals surface area contributed by atoms with E-state index in [1.54, 1.807) is 18.4 Å². The number of hydrogen-bond donors (Lipinski definition) is 0. The first-order valence-corrected chi connectivity index (χ1v) is 10.2. The van der Waals surface area contributed by atoms with Gasteiger partial charge in [0, 0.05) is 25.4 Å². The van der Waals surface area contributed by atoms with Crippen LogP contribution in [0, 0.1) is 0 Å². The molecule has 0 aromatic carbocycles. The van der Waals surface area contributed by atoms with Crippen LogP contribution in [0.25, 0.3) is 0 Å². The number of amides is 1. The summed E-state index contributed by atoms with van der Waals surface area (Å²) in [7, 11) is 1.59. The second kappa shape index (κ2) is 7.76. The molecular weight excluding hydrogens is 348 g/mol. The van der Waals surface area contributed by atoms with Crippen molar-refractivity contribution in [2.24, 2.45) is 0 Å². The molecule has 6 heteroatoms. The average Bonchev–Trinajstić information content (AvgIpc) is 3.41. The molecule has 1 saturated heterocycles. The van der Waals surface area contributed by atoms with Crippen LogP contribution in [0.2, 0.25) is 0 Å². The summed E-state index contributed by atoms with van der Waals surface area (Å²) in [5, 5.41) is 4.13. The summed E-state index contributed by atoms with van der Waals surface area (Å²) in [4.78, 5) is 19.9. The molecule has 1 amide bonds. The van der Waals surface area contributed by atoms with Crippen molar-refractivity contribution >= 4 is 17.2 Å². The van der Waals surface area contributed by atoms with Gasteiger partial charge in [0.2, 0.25) is 5.88 Å². The van der Waals surface area contributed by atoms with Gasteiger partial charge in [0.15, 0.2) is 0 Å². The lowest BCUT2D eigenvalue weighted by Crippen LogP contribution is -2.37. The number of ether oxygens (including phenoxy) is 2. The predicted octanol–water partition coefficient (Wildman–Crippen LogP) is 3.46. The largest absolute Gasteiger partial charge is 0.480 e. The molecule has 1 atom stereocenters. The maximum atomic E-state index is 13.4. The average molecular weight is 372 g/mol. The van der Waals surface area contributed by atoms with Gasteiger partial charge in [0.1, 0.15) is 5.56 Å². The molecule has 1 fully saturated rings. The number of aryl methyl sites for hydroxylation is 2. The lowest BCUT2D eigenvalue weighted by Gasteiger charge is -2.26. The summed E-state index contributed by atoms with van der Waals surface area (Å²) in [6, 6.07) is 4.06. The van der Waals surface area contributed by atoms with E-state index >= 15 is 0 Å². The van der Waals surface area contributed by atoms with Gasteiger partial charge in [-0.25, -0.2) is 4.98 Å². The summed E-state index contributed by atoms with van der Waals surface area (Å²) in [5.41, 5.74) is 3.97. The Bertz CT molecular complexity index is 770. The minimum atomic E-state index is -0.0225. The van der Waals surface area contributed by atoms with Crippen LogP contribution in [0.15, 0.2) is 22.9 Å². The van der Waals surface area contributed by atoms with E-state index < -0.39 is 0 Å². The molecule has 2 aliphatic rings. The Kier molecular flexibility index (Phi) is 5.22. The number of nitrogens with zero attached hydrogens (tertiary/aromatic N) is 2. The molecule has 2 aromatic rings. The third-order valence-electron chi connectivity index (χ3n) is 5.13. The lowest BCUT2D eigenvalue weighted by molar-refractivity contribution is 0.0504. The first-order valence-electron chi connectivity index (χ1n) is 9.23. The topological polar surface area (TPSA) is 51.7 Å². The molecular formula is C20H24N2O3S. The Morgan fingerprint density at radius 3 is 3.08 bits per heavy atom. The number of carbonyl (C=O) groups excluding carboxylic acids is 1. The molecule has 0 bridgehead atoms. The van der Waals surface area contributed by atoms with Gasteiger partial charge in [0.25, 0.3) is 5.91 Å². The standard InChI is InChI=1S/C20H24N2O3S/c1-24-19-17(10-15-4-2-6-18(15)21-19)20(23)22(11-14-7-9-26-13-14)12-16-5-3-8-25-16/h7,9-10,13,16H,2-6,8,11-12H2,1H3/t16-/m1/s1. The highest BCUT2D eigenvalue weighted by atomic mass is 32.1. The van der Waals surface area contributed by atoms with Gasteiger partial charge >= 0.3 is 0 Å². The van der Waals surface area contributed by atoms with Gasteiger partial charge < -0.3 is 14.4 Å². The predicted molar refractivity (Wildman–Crippen MR) is 101 cm³/mol. The molecule has 1 aliphatic heterocycles. The van der Waals surface area contributed by atoms with Crippen LogP contribution in [-0.4, -0.2) is 42.2 Å². The normalized spacial score (nSPS) is 18.7. The summed E-state index contributed by atoms with van der Waals surface area (Å²) >= 11 is 1.65. The zero-order valence-electron chi connectivity index (χ0n) is 15.1. The van der Waals surface area contributed by atoms with Crippen LogP contribution < -0.4 is 4.74 Å². The van der Waals surface area contributed by atoms with Gasteiger partial charge in [-0.1, -0.05) is 0 Å². The van der Waals surface area contributed by atoms with Gasteiger partial charge in [-0.2, -0.15) is 11.3 Å². The second-order valence-corrected chi connectivity index (χ2v) is 7.74. The fourth-order valence-corrected chi connectivity index (χ4v) is 4.45. The first-order chi connectivity index (χ1) is 12.7. The Balaban J connectivity index is 1.62. The Morgan fingerprint density at radius 1 is 1.42 bits per heavy atom. The second-order valence-electron chi connectivity index (χ2n) is 6.96. The Labute approximate surface area is 157 Å². The van der Waals surface area contributed by atoms with Gasteiger partial charge in [-0.15, -0.1) is 0 Å². The van der Waals surface area contributed by atoms with Crippen molar-refractivity contribution < 1.29 is 14.3 Å². The number of carbonyl (C=O) groups is 1. The number of hydrogen-bond acceptors (Lipinski definition) is 5. The molecule has 0 unspecified atom stereocenters. The van der Waals surface area contributed by atoms with E-state index in [0.717, 1.165) is 50.0 Å². The Hall–Kier alpha value is -1.92. The summed E-state index contributed by atoms with van der Waals surface area (Å²) in [6.07, 6.45) is 5.24. The Morgan fingerprint density at radius 2 is 2.35 bits per heavy atom. The maximum Gasteiger partial charge on any atom is 0.259 e. The van der Waals surface area contributed by atoms with Crippen LogP contribution in [0.1, 0.15) is 46.4 Å². The van der Waals surface area contributed by atoms with E-state index in [-0.39, 0.29) is 12.0 Å². The third kappa shape index (κ3) is 3.62. The summed E-state index contributed by atoms with van der Waals surface area (Å²) < 4.78 is 11.2. The van der Waals surface area contributed by atoms with Crippen molar-refractivity contribution in [3.63, 3.8) is 0 Å². The molecule has 1 aliphatic carbocycles. The van der Waals surface area contributed by atoms with Crippen molar-refractivity contribution in [2.75, 3.05) is 20.3 Å². The van der Waals surface area contributed by atoms with E-state index in [1.807, 2.05) is 16.3 Å². The third-order valence-corrected chi connectivity index (χ3v) is 5.86. The highest BCUT2D eigenvalue weighted by molar-refractivity contribution is 7.07. The minimum absolute atomic E-state index is 0.0225. The van der Waals surface area contributed by atoms with Crippen molar-refractivity contribution in [2.45, 2.75) is 44.8 Å². The van der Waals surface area contributed by atoms with Crippen LogP contribution in [-0.2, 0) is 24.1 Å². The molecule has 2 aromatic heterocycles. The zero-order valence-corrected chi connectivity index (χ0v) is 15.9. The number of thiophene rings is 1. The molecule has 5 nitrogen and oxygen atoms in total. The van der Waals surface area contributed by atoms with E-state index in [0.29, 0.717) is 24.5 Å².